The van der Waals surface area contributed by atoms with Crippen molar-refractivity contribution in [3.8, 4) is 0 Å². The molecule has 7 heteroatoms. The van der Waals surface area contributed by atoms with Crippen LogP contribution in [-0.2, 0) is 0 Å². The van der Waals surface area contributed by atoms with E-state index in [1.807, 2.05) is 6.07 Å². The van der Waals surface area contributed by atoms with Gasteiger partial charge in [-0.3, -0.25) is 15.0 Å². The summed E-state index contributed by atoms with van der Waals surface area (Å²) in [6.07, 6.45) is 2.49. The Kier molecular flexibility index (Phi) is 7.06. The topological polar surface area (TPSA) is 58.4 Å². The van der Waals surface area contributed by atoms with Crippen LogP contribution in [0.25, 0.3) is 0 Å². The lowest BCUT2D eigenvalue weighted by Crippen LogP contribution is -2.45. The monoisotopic (exact) mass is 347 g/mol. The van der Waals surface area contributed by atoms with Crippen LogP contribution in [-0.4, -0.2) is 36.0 Å². The van der Waals surface area contributed by atoms with Crippen molar-refractivity contribution in [1.82, 2.24) is 10.2 Å². The minimum absolute atomic E-state index is 0. The van der Waals surface area contributed by atoms with E-state index in [9.17, 15) is 10.1 Å². The van der Waals surface area contributed by atoms with Gasteiger partial charge in [0.05, 0.1) is 4.92 Å². The van der Waals surface area contributed by atoms with Crippen molar-refractivity contribution in [2.24, 2.45) is 5.92 Å². The third-order valence-electron chi connectivity index (χ3n) is 4.38. The quantitative estimate of drug-likeness (QED) is 0.671. The molecule has 2 aliphatic rings. The molecule has 1 aromatic rings. The number of nitrogens with one attached hydrogen (secondary N) is 1. The van der Waals surface area contributed by atoms with E-state index in [0.29, 0.717) is 12.0 Å². The van der Waals surface area contributed by atoms with Gasteiger partial charge in [-0.25, -0.2) is 0 Å². The predicted octanol–water partition coefficient (Wildman–Crippen LogP) is 3.10. The van der Waals surface area contributed by atoms with Crippen LogP contribution >= 0.6 is 24.8 Å². The number of aryl methyl sites for hydroxylation is 1. The van der Waals surface area contributed by atoms with E-state index in [1.165, 1.54) is 12.8 Å². The SMILES string of the molecule is Cc1ccc([C@H](C2CC2)N2CCNCC2)cc1[N+](=O)[O-].Cl.Cl. The van der Waals surface area contributed by atoms with E-state index >= 15 is 0 Å². The fourth-order valence-corrected chi connectivity index (χ4v) is 3.16. The second kappa shape index (κ2) is 8.11. The van der Waals surface area contributed by atoms with Crippen LogP contribution < -0.4 is 5.32 Å². The molecule has 124 valence electrons. The molecular formula is C15H23Cl2N3O2. The van der Waals surface area contributed by atoms with Crippen molar-refractivity contribution in [2.45, 2.75) is 25.8 Å². The molecule has 22 heavy (non-hydrogen) atoms. The lowest BCUT2D eigenvalue weighted by molar-refractivity contribution is -0.385. The summed E-state index contributed by atoms with van der Waals surface area (Å²) in [7, 11) is 0. The Morgan fingerprint density at radius 2 is 1.91 bits per heavy atom. The van der Waals surface area contributed by atoms with Crippen LogP contribution in [0.3, 0.4) is 0 Å². The fourth-order valence-electron chi connectivity index (χ4n) is 3.16. The maximum Gasteiger partial charge on any atom is 0.272 e. The molecule has 1 atom stereocenters. The van der Waals surface area contributed by atoms with Crippen molar-refractivity contribution in [2.75, 3.05) is 26.2 Å². The molecule has 1 saturated carbocycles. The zero-order valence-electron chi connectivity index (χ0n) is 12.7. The van der Waals surface area contributed by atoms with Gasteiger partial charge in [0.25, 0.3) is 5.69 Å². The highest BCUT2D eigenvalue weighted by molar-refractivity contribution is 5.85. The van der Waals surface area contributed by atoms with Crippen LogP contribution in [0, 0.1) is 23.0 Å². The van der Waals surface area contributed by atoms with Gasteiger partial charge in [0.2, 0.25) is 0 Å². The van der Waals surface area contributed by atoms with E-state index in [0.717, 1.165) is 37.3 Å². The highest BCUT2D eigenvalue weighted by Crippen LogP contribution is 2.45. The standard InChI is InChI=1S/C15H21N3O2.2ClH/c1-11-2-3-13(10-14(11)18(19)20)15(12-4-5-12)17-8-6-16-7-9-17;;/h2-3,10,12,15-16H,4-9H2,1H3;2*1H/t15-;;/m0../s1. The summed E-state index contributed by atoms with van der Waals surface area (Å²) in [5, 5.41) is 14.5. The van der Waals surface area contributed by atoms with E-state index in [-0.39, 0.29) is 35.4 Å². The Morgan fingerprint density at radius 1 is 1.27 bits per heavy atom. The Hall–Kier alpha value is -0.880. The van der Waals surface area contributed by atoms with Crippen molar-refractivity contribution in [3.05, 3.63) is 39.4 Å². The Morgan fingerprint density at radius 3 is 2.45 bits per heavy atom. The maximum atomic E-state index is 11.1. The smallest absolute Gasteiger partial charge is 0.272 e. The minimum Gasteiger partial charge on any atom is -0.314 e. The number of hydrogen-bond acceptors (Lipinski definition) is 4. The minimum atomic E-state index is -0.263. The van der Waals surface area contributed by atoms with Gasteiger partial charge in [0.1, 0.15) is 0 Å². The zero-order chi connectivity index (χ0) is 14.1. The summed E-state index contributed by atoms with van der Waals surface area (Å²) in [6, 6.07) is 6.12. The first-order valence-electron chi connectivity index (χ1n) is 7.36. The Bertz CT molecular complexity index is 518. The molecule has 0 spiro atoms. The first-order valence-corrected chi connectivity index (χ1v) is 7.36. The van der Waals surface area contributed by atoms with Crippen LogP contribution in [0.5, 0.6) is 0 Å². The van der Waals surface area contributed by atoms with Crippen LogP contribution in [0.2, 0.25) is 0 Å². The lowest BCUT2D eigenvalue weighted by atomic mass is 9.97. The van der Waals surface area contributed by atoms with Gasteiger partial charge in [-0.05, 0) is 31.2 Å². The number of nitrogens with zero attached hydrogens (tertiary/aromatic N) is 2. The summed E-state index contributed by atoms with van der Waals surface area (Å²) in [4.78, 5) is 13.4. The number of nitro groups is 1. The molecule has 1 N–H and O–H groups in total. The second-order valence-electron chi connectivity index (χ2n) is 5.87. The number of halogens is 2. The van der Waals surface area contributed by atoms with Crippen molar-refractivity contribution < 1.29 is 4.92 Å². The molecule has 0 amide bonds. The number of piperazine rings is 1. The summed E-state index contributed by atoms with van der Waals surface area (Å²) in [5.74, 6) is 0.676. The molecule has 0 bridgehead atoms. The van der Waals surface area contributed by atoms with Crippen LogP contribution in [0.15, 0.2) is 18.2 Å². The Balaban J connectivity index is 0.00000121. The molecule has 5 nitrogen and oxygen atoms in total. The van der Waals surface area contributed by atoms with Crippen LogP contribution in [0.4, 0.5) is 5.69 Å². The molecule has 0 aromatic heterocycles. The van der Waals surface area contributed by atoms with Crippen LogP contribution in [0.1, 0.15) is 30.0 Å². The molecule has 1 aromatic carbocycles. The summed E-state index contributed by atoms with van der Waals surface area (Å²) in [5.41, 5.74) is 2.11. The van der Waals surface area contributed by atoms with Crippen molar-refractivity contribution in [3.63, 3.8) is 0 Å². The van der Waals surface area contributed by atoms with Gasteiger partial charge in [0.15, 0.2) is 0 Å². The highest BCUT2D eigenvalue weighted by atomic mass is 35.5. The summed E-state index contributed by atoms with van der Waals surface area (Å²) in [6.45, 7) is 5.89. The average molecular weight is 348 g/mol. The van der Waals surface area contributed by atoms with Gasteiger partial charge < -0.3 is 5.32 Å². The molecular weight excluding hydrogens is 325 g/mol. The van der Waals surface area contributed by atoms with E-state index in [2.05, 4.69) is 16.3 Å². The molecule has 1 aliphatic heterocycles. The molecule has 1 aliphatic carbocycles. The van der Waals surface area contributed by atoms with E-state index < -0.39 is 0 Å². The number of rotatable bonds is 4. The van der Waals surface area contributed by atoms with Gasteiger partial charge in [-0.15, -0.1) is 24.8 Å². The van der Waals surface area contributed by atoms with E-state index in [1.54, 1.807) is 13.0 Å². The normalized spacial score (nSPS) is 19.7. The Labute approximate surface area is 143 Å². The lowest BCUT2D eigenvalue weighted by Gasteiger charge is -2.35. The maximum absolute atomic E-state index is 11.1. The van der Waals surface area contributed by atoms with Gasteiger partial charge >= 0.3 is 0 Å². The first-order chi connectivity index (χ1) is 9.66. The van der Waals surface area contributed by atoms with Gasteiger partial charge in [0, 0.05) is 43.9 Å². The second-order valence-corrected chi connectivity index (χ2v) is 5.87. The predicted molar refractivity (Wildman–Crippen MR) is 92.2 cm³/mol. The molecule has 0 radical (unpaired) electrons. The summed E-state index contributed by atoms with van der Waals surface area (Å²) < 4.78 is 0. The van der Waals surface area contributed by atoms with E-state index in [4.69, 9.17) is 0 Å². The third-order valence-corrected chi connectivity index (χ3v) is 4.38. The number of hydrogen-bond donors (Lipinski definition) is 1. The fraction of sp³-hybridized carbons (Fsp3) is 0.600. The first kappa shape index (κ1) is 19.2. The van der Waals surface area contributed by atoms with Crippen molar-refractivity contribution >= 4 is 30.5 Å². The average Bonchev–Trinajstić information content (AvgIpc) is 3.26. The van der Waals surface area contributed by atoms with Crippen molar-refractivity contribution in [1.29, 1.82) is 0 Å². The molecule has 0 unspecified atom stereocenters. The summed E-state index contributed by atoms with van der Waals surface area (Å²) >= 11 is 0. The zero-order valence-corrected chi connectivity index (χ0v) is 14.3. The largest absolute Gasteiger partial charge is 0.314 e. The number of benzene rings is 1. The molecule has 1 saturated heterocycles. The molecule has 2 fully saturated rings. The molecule has 1 heterocycles. The highest BCUT2D eigenvalue weighted by Gasteiger charge is 2.37. The number of nitro benzene ring substituents is 1. The van der Waals surface area contributed by atoms with Gasteiger partial charge in [-0.2, -0.15) is 0 Å². The third kappa shape index (κ3) is 4.10. The van der Waals surface area contributed by atoms with Gasteiger partial charge in [-0.1, -0.05) is 12.1 Å². The molecule has 3 rings (SSSR count).